The van der Waals surface area contributed by atoms with Crippen molar-refractivity contribution >= 4 is 35.3 Å². The monoisotopic (exact) mass is 521 g/mol. The summed E-state index contributed by atoms with van der Waals surface area (Å²) in [6.45, 7) is -0.696. The zero-order valence-electron chi connectivity index (χ0n) is 20.3. The minimum Gasteiger partial charge on any atom is -0.446 e. The molecule has 11 heteroatoms. The molecule has 1 aliphatic heterocycles. The molecule has 11 nitrogen and oxygen atoms in total. The smallest absolute Gasteiger partial charge is 0.412 e. The maximum atomic E-state index is 12.6. The third-order valence-corrected chi connectivity index (χ3v) is 5.36. The first-order valence-electron chi connectivity index (χ1n) is 11.8. The highest BCUT2D eigenvalue weighted by Crippen LogP contribution is 2.21. The Kier molecular flexibility index (Phi) is 9.49. The van der Waals surface area contributed by atoms with Gasteiger partial charge in [-0.15, -0.1) is 0 Å². The summed E-state index contributed by atoms with van der Waals surface area (Å²) < 4.78 is 27.4. The molecule has 1 heterocycles. The van der Waals surface area contributed by atoms with Crippen LogP contribution in [0.15, 0.2) is 91.0 Å². The minimum atomic E-state index is -1.07. The Morgan fingerprint density at radius 1 is 0.605 bits per heavy atom. The molecule has 198 valence electrons. The summed E-state index contributed by atoms with van der Waals surface area (Å²) in [5, 5.41) is 7.81. The van der Waals surface area contributed by atoms with E-state index in [2.05, 4.69) is 16.0 Å². The lowest BCUT2D eigenvalue weighted by molar-refractivity contribution is -0.241. The van der Waals surface area contributed by atoms with E-state index in [4.69, 9.17) is 23.7 Å². The fourth-order valence-corrected chi connectivity index (χ4v) is 3.54. The van der Waals surface area contributed by atoms with E-state index in [1.54, 1.807) is 78.9 Å². The molecule has 0 bridgehead atoms. The van der Waals surface area contributed by atoms with Gasteiger partial charge in [-0.3, -0.25) is 16.0 Å². The van der Waals surface area contributed by atoms with E-state index < -0.39 is 36.6 Å². The van der Waals surface area contributed by atoms with Crippen LogP contribution in [0.25, 0.3) is 0 Å². The zero-order valence-corrected chi connectivity index (χ0v) is 20.3. The van der Waals surface area contributed by atoms with Crippen molar-refractivity contribution in [3.63, 3.8) is 0 Å². The largest absolute Gasteiger partial charge is 0.446 e. The maximum absolute atomic E-state index is 12.6. The van der Waals surface area contributed by atoms with Gasteiger partial charge in [0.05, 0.1) is 0 Å². The van der Waals surface area contributed by atoms with Gasteiger partial charge in [-0.2, -0.15) is 0 Å². The van der Waals surface area contributed by atoms with Gasteiger partial charge in [0.25, 0.3) is 0 Å². The van der Waals surface area contributed by atoms with Crippen LogP contribution in [0.1, 0.15) is 0 Å². The number of anilines is 3. The number of hydrogen-bond donors (Lipinski definition) is 3. The molecule has 0 aliphatic carbocycles. The van der Waals surface area contributed by atoms with E-state index in [9.17, 15) is 14.4 Å². The van der Waals surface area contributed by atoms with Gasteiger partial charge >= 0.3 is 18.3 Å². The Bertz CT molecular complexity index is 1120. The molecule has 0 aromatic heterocycles. The second kappa shape index (κ2) is 13.6. The predicted molar refractivity (Wildman–Crippen MR) is 138 cm³/mol. The van der Waals surface area contributed by atoms with Crippen LogP contribution in [0.4, 0.5) is 31.4 Å². The lowest BCUT2D eigenvalue weighted by Gasteiger charge is -2.36. The van der Waals surface area contributed by atoms with Crippen molar-refractivity contribution in [2.45, 2.75) is 18.3 Å². The molecule has 3 aromatic rings. The number of carbonyl (C=O) groups excluding carboxylic acids is 3. The van der Waals surface area contributed by atoms with E-state index in [0.29, 0.717) is 17.1 Å². The van der Waals surface area contributed by atoms with Crippen LogP contribution in [0, 0.1) is 0 Å². The number of ether oxygens (including phenoxy) is 5. The van der Waals surface area contributed by atoms with E-state index in [1.165, 1.54) is 0 Å². The van der Waals surface area contributed by atoms with E-state index in [0.717, 1.165) is 0 Å². The van der Waals surface area contributed by atoms with Crippen molar-refractivity contribution in [2.24, 2.45) is 0 Å². The fourth-order valence-electron chi connectivity index (χ4n) is 3.54. The second-order valence-electron chi connectivity index (χ2n) is 8.07. The highest BCUT2D eigenvalue weighted by Gasteiger charge is 2.40. The lowest BCUT2D eigenvalue weighted by atomic mass is 10.1. The molecule has 4 rings (SSSR count). The average molecular weight is 522 g/mol. The van der Waals surface area contributed by atoms with Crippen LogP contribution in [-0.4, -0.2) is 56.6 Å². The molecule has 0 spiro atoms. The number of hydrogen-bond acceptors (Lipinski definition) is 8. The van der Waals surface area contributed by atoms with Gasteiger partial charge in [-0.05, 0) is 36.4 Å². The van der Waals surface area contributed by atoms with Crippen molar-refractivity contribution in [1.82, 2.24) is 0 Å². The molecule has 1 fully saturated rings. The maximum Gasteiger partial charge on any atom is 0.412 e. The van der Waals surface area contributed by atoms with Crippen LogP contribution in [-0.2, 0) is 23.7 Å². The number of nitrogens with one attached hydrogen (secondary N) is 3. The zero-order chi connectivity index (χ0) is 26.6. The lowest BCUT2D eigenvalue weighted by Crippen LogP contribution is -2.53. The Morgan fingerprint density at radius 2 is 0.974 bits per heavy atom. The molecule has 1 saturated heterocycles. The van der Waals surface area contributed by atoms with Crippen molar-refractivity contribution in [3.05, 3.63) is 91.0 Å². The third kappa shape index (κ3) is 8.22. The normalized spacial score (nSPS) is 17.1. The Hall–Kier alpha value is -4.61. The summed E-state index contributed by atoms with van der Waals surface area (Å²) in [6, 6.07) is 26.2. The van der Waals surface area contributed by atoms with Gasteiger partial charge in [0, 0.05) is 17.1 Å². The van der Waals surface area contributed by atoms with Gasteiger partial charge in [0.1, 0.15) is 32.2 Å². The second-order valence-corrected chi connectivity index (χ2v) is 8.07. The van der Waals surface area contributed by atoms with E-state index >= 15 is 0 Å². The number of benzene rings is 3. The quantitative estimate of drug-likeness (QED) is 0.359. The van der Waals surface area contributed by atoms with Gasteiger partial charge in [-0.25, -0.2) is 14.4 Å². The van der Waals surface area contributed by atoms with Crippen molar-refractivity contribution in [1.29, 1.82) is 0 Å². The number of carbonyl (C=O) groups is 3. The van der Waals surface area contributed by atoms with Gasteiger partial charge in [0.15, 0.2) is 6.10 Å². The predicted octanol–water partition coefficient (Wildman–Crippen LogP) is 4.84. The number of rotatable bonds is 8. The molecular formula is C27H27N3O8. The van der Waals surface area contributed by atoms with Crippen molar-refractivity contribution < 1.29 is 38.1 Å². The summed E-state index contributed by atoms with van der Waals surface area (Å²) in [6.07, 6.45) is -5.06. The number of amides is 3. The summed E-state index contributed by atoms with van der Waals surface area (Å²) in [7, 11) is 0. The molecule has 3 amide bonds. The number of para-hydroxylation sites is 3. The highest BCUT2D eigenvalue weighted by molar-refractivity contribution is 5.85. The van der Waals surface area contributed by atoms with Crippen LogP contribution in [0.2, 0.25) is 0 Å². The van der Waals surface area contributed by atoms with E-state index in [1.807, 2.05) is 12.1 Å². The molecule has 38 heavy (non-hydrogen) atoms. The molecule has 0 saturated carbocycles. The van der Waals surface area contributed by atoms with Crippen LogP contribution < -0.4 is 16.0 Å². The van der Waals surface area contributed by atoms with Gasteiger partial charge in [0.2, 0.25) is 0 Å². The summed E-state index contributed by atoms with van der Waals surface area (Å²) in [5.74, 6) is 0. The first kappa shape index (κ1) is 26.5. The fraction of sp³-hybridized carbons (Fsp3) is 0.222. The van der Waals surface area contributed by atoms with Crippen LogP contribution >= 0.6 is 0 Å². The molecule has 0 radical (unpaired) electrons. The SMILES string of the molecule is O=C(Nc1ccccc1)OC[C@H]1OCO[C@H](COC(=O)Nc2ccccc2)C1OC(=O)Nc1ccccc1. The Balaban J connectivity index is 1.38. The molecular weight excluding hydrogens is 494 g/mol. The first-order valence-corrected chi connectivity index (χ1v) is 11.8. The molecule has 3 N–H and O–H groups in total. The Morgan fingerprint density at radius 3 is 1.37 bits per heavy atom. The topological polar surface area (TPSA) is 133 Å². The average Bonchev–Trinajstić information content (AvgIpc) is 2.93. The third-order valence-electron chi connectivity index (χ3n) is 5.36. The van der Waals surface area contributed by atoms with Crippen LogP contribution in [0.3, 0.4) is 0 Å². The molecule has 2 atom stereocenters. The van der Waals surface area contributed by atoms with Crippen molar-refractivity contribution in [2.75, 3.05) is 36.0 Å². The standard InChI is InChI=1S/C27H27N3O8/c31-25(28-19-10-4-1-5-11-19)34-16-22-24(38-27(33)30-21-14-8-3-9-15-21)23(37-18-36-22)17-35-26(32)29-20-12-6-2-7-13-20/h1-15,22-24H,16-18H2,(H,28,31)(H,29,32)(H,30,33)/t22-,23-/m1/s1. The Labute approximate surface area is 219 Å². The van der Waals surface area contributed by atoms with E-state index in [-0.39, 0.29) is 20.0 Å². The highest BCUT2D eigenvalue weighted by atomic mass is 16.7. The molecule has 3 aromatic carbocycles. The molecule has 0 unspecified atom stereocenters. The summed E-state index contributed by atoms with van der Waals surface area (Å²) in [5.41, 5.74) is 1.62. The summed E-state index contributed by atoms with van der Waals surface area (Å²) in [4.78, 5) is 37.2. The van der Waals surface area contributed by atoms with Gasteiger partial charge < -0.3 is 23.7 Å². The molecule has 1 aliphatic rings. The van der Waals surface area contributed by atoms with Crippen molar-refractivity contribution in [3.8, 4) is 0 Å². The first-order chi connectivity index (χ1) is 18.6. The minimum absolute atomic E-state index is 0.192. The summed E-state index contributed by atoms with van der Waals surface area (Å²) >= 11 is 0. The van der Waals surface area contributed by atoms with Crippen LogP contribution in [0.5, 0.6) is 0 Å². The van der Waals surface area contributed by atoms with Gasteiger partial charge in [-0.1, -0.05) is 54.6 Å².